The topological polar surface area (TPSA) is 61.4 Å². The first kappa shape index (κ1) is 10.3. The van der Waals surface area contributed by atoms with Crippen LogP contribution in [0.5, 0.6) is 0 Å². The summed E-state index contributed by atoms with van der Waals surface area (Å²) in [5.41, 5.74) is 0. The van der Waals surface area contributed by atoms with E-state index in [9.17, 15) is 4.79 Å². The Bertz CT molecular complexity index is 167. The summed E-state index contributed by atoms with van der Waals surface area (Å²) in [6.45, 7) is 4.07. The Balaban J connectivity index is 2.18. The van der Waals surface area contributed by atoms with Gasteiger partial charge in [0.2, 0.25) is 0 Å². The molecule has 0 spiro atoms. The van der Waals surface area contributed by atoms with Crippen molar-refractivity contribution in [3.63, 3.8) is 0 Å². The SMILES string of the molecule is CC(CC1CCNCC1)NC(=O)O. The van der Waals surface area contributed by atoms with Crippen molar-refractivity contribution in [3.8, 4) is 0 Å². The van der Waals surface area contributed by atoms with Gasteiger partial charge in [0.25, 0.3) is 0 Å². The van der Waals surface area contributed by atoms with Crippen LogP contribution in [0.1, 0.15) is 26.2 Å². The van der Waals surface area contributed by atoms with Crippen LogP contribution in [0, 0.1) is 5.92 Å². The molecule has 0 radical (unpaired) electrons. The lowest BCUT2D eigenvalue weighted by Crippen LogP contribution is -2.35. The van der Waals surface area contributed by atoms with E-state index in [0.29, 0.717) is 5.92 Å². The summed E-state index contributed by atoms with van der Waals surface area (Å²) in [7, 11) is 0. The summed E-state index contributed by atoms with van der Waals surface area (Å²) in [6.07, 6.45) is 2.40. The lowest BCUT2D eigenvalue weighted by molar-refractivity contribution is 0.187. The van der Waals surface area contributed by atoms with Gasteiger partial charge in [-0.3, -0.25) is 0 Å². The molecule has 1 rings (SSSR count). The molecule has 0 bridgehead atoms. The first-order valence-electron chi connectivity index (χ1n) is 4.88. The first-order chi connectivity index (χ1) is 6.18. The maximum absolute atomic E-state index is 10.3. The average molecular weight is 186 g/mol. The Morgan fingerprint density at radius 1 is 1.62 bits per heavy atom. The van der Waals surface area contributed by atoms with E-state index >= 15 is 0 Å². The standard InChI is InChI=1S/C9H18N2O2/c1-7(11-9(12)13)6-8-2-4-10-5-3-8/h7-8,10-11H,2-6H2,1H3,(H,12,13). The van der Waals surface area contributed by atoms with E-state index in [1.165, 1.54) is 12.8 Å². The van der Waals surface area contributed by atoms with Crippen molar-refractivity contribution in [2.75, 3.05) is 13.1 Å². The molecule has 1 atom stereocenters. The lowest BCUT2D eigenvalue weighted by atomic mass is 9.92. The third kappa shape index (κ3) is 4.12. The molecular formula is C9H18N2O2. The number of amides is 1. The Morgan fingerprint density at radius 3 is 2.77 bits per heavy atom. The summed E-state index contributed by atoms with van der Waals surface area (Å²) < 4.78 is 0. The smallest absolute Gasteiger partial charge is 0.404 e. The number of carboxylic acid groups (broad SMARTS) is 1. The van der Waals surface area contributed by atoms with Gasteiger partial charge in [-0.15, -0.1) is 0 Å². The molecule has 0 aromatic heterocycles. The van der Waals surface area contributed by atoms with Gasteiger partial charge in [-0.1, -0.05) is 0 Å². The molecule has 1 amide bonds. The van der Waals surface area contributed by atoms with E-state index < -0.39 is 6.09 Å². The Labute approximate surface area is 78.7 Å². The first-order valence-corrected chi connectivity index (χ1v) is 4.88. The molecule has 1 heterocycles. The van der Waals surface area contributed by atoms with Crippen molar-refractivity contribution in [2.24, 2.45) is 5.92 Å². The number of nitrogens with one attached hydrogen (secondary N) is 2. The van der Waals surface area contributed by atoms with E-state index in [2.05, 4.69) is 10.6 Å². The summed E-state index contributed by atoms with van der Waals surface area (Å²) in [5.74, 6) is 0.683. The molecule has 0 aromatic rings. The number of piperidine rings is 1. The molecule has 1 unspecified atom stereocenters. The highest BCUT2D eigenvalue weighted by molar-refractivity contribution is 5.64. The zero-order valence-electron chi connectivity index (χ0n) is 8.05. The molecule has 0 aliphatic carbocycles. The van der Waals surface area contributed by atoms with Crippen LogP contribution in [0.4, 0.5) is 4.79 Å². The van der Waals surface area contributed by atoms with Crippen LogP contribution in [0.3, 0.4) is 0 Å². The lowest BCUT2D eigenvalue weighted by Gasteiger charge is -2.25. The zero-order valence-corrected chi connectivity index (χ0v) is 8.05. The average Bonchev–Trinajstić information content (AvgIpc) is 2.04. The molecule has 4 nitrogen and oxygen atoms in total. The van der Waals surface area contributed by atoms with E-state index in [1.54, 1.807) is 0 Å². The van der Waals surface area contributed by atoms with Crippen LogP contribution in [-0.4, -0.2) is 30.3 Å². The number of rotatable bonds is 3. The normalized spacial score (nSPS) is 21.0. The monoisotopic (exact) mass is 186 g/mol. The van der Waals surface area contributed by atoms with E-state index in [4.69, 9.17) is 5.11 Å². The van der Waals surface area contributed by atoms with Gasteiger partial charge in [0.15, 0.2) is 0 Å². The highest BCUT2D eigenvalue weighted by Crippen LogP contribution is 2.17. The molecule has 1 saturated heterocycles. The maximum Gasteiger partial charge on any atom is 0.404 e. The van der Waals surface area contributed by atoms with Gasteiger partial charge in [-0.25, -0.2) is 4.79 Å². The van der Waals surface area contributed by atoms with Gasteiger partial charge in [-0.2, -0.15) is 0 Å². The van der Waals surface area contributed by atoms with Gasteiger partial charge in [0, 0.05) is 6.04 Å². The molecule has 4 heteroatoms. The Kier molecular flexibility index (Phi) is 4.02. The predicted octanol–water partition coefficient (Wildman–Crippen LogP) is 1.03. The van der Waals surface area contributed by atoms with Gasteiger partial charge in [0.05, 0.1) is 0 Å². The van der Waals surface area contributed by atoms with Crippen molar-refractivity contribution in [1.82, 2.24) is 10.6 Å². The number of hydrogen-bond donors (Lipinski definition) is 3. The molecule has 0 saturated carbocycles. The fourth-order valence-corrected chi connectivity index (χ4v) is 1.89. The fraction of sp³-hybridized carbons (Fsp3) is 0.889. The predicted molar refractivity (Wildman–Crippen MR) is 50.8 cm³/mol. The third-order valence-electron chi connectivity index (χ3n) is 2.52. The Hall–Kier alpha value is -0.770. The maximum atomic E-state index is 10.3. The van der Waals surface area contributed by atoms with Crippen LogP contribution >= 0.6 is 0 Å². The third-order valence-corrected chi connectivity index (χ3v) is 2.52. The second kappa shape index (κ2) is 5.07. The molecular weight excluding hydrogens is 168 g/mol. The summed E-state index contributed by atoms with van der Waals surface area (Å²) in [4.78, 5) is 10.3. The van der Waals surface area contributed by atoms with Crippen molar-refractivity contribution < 1.29 is 9.90 Å². The van der Waals surface area contributed by atoms with Crippen molar-refractivity contribution in [3.05, 3.63) is 0 Å². The highest BCUT2D eigenvalue weighted by Gasteiger charge is 2.16. The van der Waals surface area contributed by atoms with Crippen LogP contribution in [0.2, 0.25) is 0 Å². The highest BCUT2D eigenvalue weighted by atomic mass is 16.4. The van der Waals surface area contributed by atoms with Crippen LogP contribution in [0.25, 0.3) is 0 Å². The van der Waals surface area contributed by atoms with Crippen LogP contribution in [0.15, 0.2) is 0 Å². The van der Waals surface area contributed by atoms with Crippen molar-refractivity contribution in [2.45, 2.75) is 32.2 Å². The quantitative estimate of drug-likeness (QED) is 0.617. The molecule has 0 aromatic carbocycles. The van der Waals surface area contributed by atoms with Gasteiger partial charge < -0.3 is 15.7 Å². The number of hydrogen-bond acceptors (Lipinski definition) is 2. The minimum atomic E-state index is -0.915. The van der Waals surface area contributed by atoms with Crippen LogP contribution in [-0.2, 0) is 0 Å². The van der Waals surface area contributed by atoms with Crippen LogP contribution < -0.4 is 10.6 Å². The molecule has 3 N–H and O–H groups in total. The van der Waals surface area contributed by atoms with Gasteiger partial charge in [0.1, 0.15) is 0 Å². The van der Waals surface area contributed by atoms with Gasteiger partial charge >= 0.3 is 6.09 Å². The molecule has 1 fully saturated rings. The van der Waals surface area contributed by atoms with E-state index in [-0.39, 0.29) is 6.04 Å². The molecule has 1 aliphatic rings. The van der Waals surface area contributed by atoms with E-state index in [0.717, 1.165) is 19.5 Å². The minimum absolute atomic E-state index is 0.0839. The Morgan fingerprint density at radius 2 is 2.23 bits per heavy atom. The minimum Gasteiger partial charge on any atom is -0.465 e. The molecule has 13 heavy (non-hydrogen) atoms. The summed E-state index contributed by atoms with van der Waals surface area (Å²) >= 11 is 0. The zero-order chi connectivity index (χ0) is 9.68. The second-order valence-corrected chi connectivity index (χ2v) is 3.78. The van der Waals surface area contributed by atoms with Crippen molar-refractivity contribution >= 4 is 6.09 Å². The molecule has 76 valence electrons. The van der Waals surface area contributed by atoms with E-state index in [1.807, 2.05) is 6.92 Å². The second-order valence-electron chi connectivity index (χ2n) is 3.78. The number of carbonyl (C=O) groups is 1. The molecule has 1 aliphatic heterocycles. The summed E-state index contributed by atoms with van der Waals surface area (Å²) in [6, 6.07) is 0.0839. The van der Waals surface area contributed by atoms with Gasteiger partial charge in [-0.05, 0) is 45.2 Å². The van der Waals surface area contributed by atoms with Crippen molar-refractivity contribution in [1.29, 1.82) is 0 Å². The fourth-order valence-electron chi connectivity index (χ4n) is 1.89. The summed E-state index contributed by atoms with van der Waals surface area (Å²) in [5, 5.41) is 14.3. The largest absolute Gasteiger partial charge is 0.465 e.